The summed E-state index contributed by atoms with van der Waals surface area (Å²) in [5.41, 5.74) is 18.3. The van der Waals surface area contributed by atoms with Gasteiger partial charge < -0.3 is 11.1 Å². The average Bonchev–Trinajstić information content (AvgIpc) is 3.58. The van der Waals surface area contributed by atoms with Gasteiger partial charge in [-0.2, -0.15) is 0 Å². The van der Waals surface area contributed by atoms with Gasteiger partial charge >= 0.3 is 0 Å². The third-order valence-corrected chi connectivity index (χ3v) is 12.6. The lowest BCUT2D eigenvalue weighted by Crippen LogP contribution is -2.24. The van der Waals surface area contributed by atoms with E-state index in [-0.39, 0.29) is 6.04 Å². The van der Waals surface area contributed by atoms with Gasteiger partial charge in [0.05, 0.1) is 11.8 Å². The Hall–Kier alpha value is -6.97. The fourth-order valence-corrected chi connectivity index (χ4v) is 9.31. The molecule has 0 fully saturated rings. The molecule has 1 aliphatic heterocycles. The van der Waals surface area contributed by atoms with Crippen molar-refractivity contribution in [3.8, 4) is 11.1 Å². The second kappa shape index (κ2) is 16.4. The van der Waals surface area contributed by atoms with E-state index in [4.69, 9.17) is 10.7 Å². The normalized spacial score (nSPS) is 17.9. The van der Waals surface area contributed by atoms with Crippen LogP contribution in [0.1, 0.15) is 43.7 Å². The molecule has 0 aromatic heterocycles. The van der Waals surface area contributed by atoms with Crippen LogP contribution in [0.15, 0.2) is 216 Å². The molecule has 3 N–H and O–H groups in total. The van der Waals surface area contributed by atoms with Crippen molar-refractivity contribution in [3.63, 3.8) is 0 Å². The highest BCUT2D eigenvalue weighted by atomic mass is 14.8. The second-order valence-corrected chi connectivity index (χ2v) is 16.4. The quantitative estimate of drug-likeness (QED) is 0.119. The molecule has 2 atom stereocenters. The smallest absolute Gasteiger partial charge is 0.0728 e. The molecule has 0 saturated heterocycles. The molecule has 3 aliphatic rings. The van der Waals surface area contributed by atoms with Crippen molar-refractivity contribution in [2.24, 2.45) is 16.6 Å². The van der Waals surface area contributed by atoms with E-state index < -0.39 is 0 Å². The zero-order chi connectivity index (χ0) is 40.4. The molecule has 2 aliphatic carbocycles. The van der Waals surface area contributed by atoms with E-state index in [0.29, 0.717) is 5.92 Å². The fraction of sp³-hybridized carbons (Fsp3) is 0.140. The average molecular weight is 776 g/mol. The number of benzene rings is 7. The number of hydrogen-bond acceptors (Lipinski definition) is 3. The van der Waals surface area contributed by atoms with Crippen LogP contribution >= 0.6 is 0 Å². The molecule has 0 spiro atoms. The van der Waals surface area contributed by atoms with Crippen molar-refractivity contribution in [1.29, 1.82) is 0 Å². The summed E-state index contributed by atoms with van der Waals surface area (Å²) in [5.74, 6) is 0.544. The Bertz CT molecular complexity index is 3040. The maximum absolute atomic E-state index is 7.04. The molecule has 0 amide bonds. The summed E-state index contributed by atoms with van der Waals surface area (Å²) in [5, 5.41) is 13.6. The number of rotatable bonds is 8. The Balaban J connectivity index is 1.03. The molecule has 7 aromatic rings. The lowest BCUT2D eigenvalue weighted by molar-refractivity contribution is 0.543. The predicted molar refractivity (Wildman–Crippen MR) is 257 cm³/mol. The van der Waals surface area contributed by atoms with Gasteiger partial charge in [0.1, 0.15) is 0 Å². The largest absolute Gasteiger partial charge is 0.398 e. The van der Waals surface area contributed by atoms with E-state index in [1.54, 1.807) is 0 Å². The molecule has 3 heteroatoms. The van der Waals surface area contributed by atoms with Gasteiger partial charge in [-0.1, -0.05) is 157 Å². The van der Waals surface area contributed by atoms with Gasteiger partial charge in [-0.25, -0.2) is 0 Å². The second-order valence-electron chi connectivity index (χ2n) is 16.4. The van der Waals surface area contributed by atoms with Crippen LogP contribution in [-0.2, 0) is 0 Å². The first-order valence-corrected chi connectivity index (χ1v) is 21.4. The Kier molecular flexibility index (Phi) is 10.2. The van der Waals surface area contributed by atoms with Gasteiger partial charge in [0.25, 0.3) is 0 Å². The number of nitrogens with two attached hydrogens (primary N) is 1. The van der Waals surface area contributed by atoms with Gasteiger partial charge in [-0.05, 0) is 146 Å². The number of hydrogen-bond donors (Lipinski definition) is 2. The van der Waals surface area contributed by atoms with E-state index in [1.807, 2.05) is 0 Å². The molecule has 10 rings (SSSR count). The van der Waals surface area contributed by atoms with E-state index in [0.717, 1.165) is 60.3 Å². The van der Waals surface area contributed by atoms with E-state index in [1.165, 1.54) is 70.9 Å². The molecule has 60 heavy (non-hydrogen) atoms. The third kappa shape index (κ3) is 7.44. The topological polar surface area (TPSA) is 50.4 Å². The molecule has 2 unspecified atom stereocenters. The van der Waals surface area contributed by atoms with Crippen LogP contribution < -0.4 is 11.1 Å². The van der Waals surface area contributed by atoms with Gasteiger partial charge in [-0.3, -0.25) is 4.99 Å². The molecule has 292 valence electrons. The van der Waals surface area contributed by atoms with Crippen LogP contribution in [0.5, 0.6) is 0 Å². The van der Waals surface area contributed by atoms with Crippen molar-refractivity contribution >= 4 is 54.4 Å². The maximum Gasteiger partial charge on any atom is 0.0728 e. The Labute approximate surface area is 353 Å². The van der Waals surface area contributed by atoms with Gasteiger partial charge in [0.2, 0.25) is 0 Å². The zero-order valence-electron chi connectivity index (χ0n) is 34.1. The number of aliphatic imine (C=N–C) groups is 1. The predicted octanol–water partition coefficient (Wildman–Crippen LogP) is 13.7. The van der Waals surface area contributed by atoms with Crippen LogP contribution in [0.2, 0.25) is 0 Å². The summed E-state index contributed by atoms with van der Waals surface area (Å²) < 4.78 is 0. The Morgan fingerprint density at radius 2 is 1.40 bits per heavy atom. The van der Waals surface area contributed by atoms with E-state index in [9.17, 15) is 0 Å². The summed E-state index contributed by atoms with van der Waals surface area (Å²) in [7, 11) is 0. The number of fused-ring (bicyclic) bond motifs is 7. The zero-order valence-corrected chi connectivity index (χ0v) is 34.1. The minimum Gasteiger partial charge on any atom is -0.398 e. The molecule has 3 nitrogen and oxygen atoms in total. The highest BCUT2D eigenvalue weighted by molar-refractivity contribution is 6.25. The molecule has 0 bridgehead atoms. The minimum atomic E-state index is -0.130. The molecule has 0 saturated carbocycles. The van der Waals surface area contributed by atoms with Crippen LogP contribution in [0.4, 0.5) is 0 Å². The summed E-state index contributed by atoms with van der Waals surface area (Å²) in [4.78, 5) is 5.53. The van der Waals surface area contributed by atoms with Crippen molar-refractivity contribution in [2.45, 2.75) is 38.6 Å². The van der Waals surface area contributed by atoms with Crippen molar-refractivity contribution in [2.75, 3.05) is 6.54 Å². The first kappa shape index (κ1) is 37.3. The Morgan fingerprint density at radius 3 is 2.15 bits per heavy atom. The molecule has 0 radical (unpaired) electrons. The fourth-order valence-electron chi connectivity index (χ4n) is 9.31. The van der Waals surface area contributed by atoms with Crippen molar-refractivity contribution in [1.82, 2.24) is 5.32 Å². The maximum atomic E-state index is 7.04. The van der Waals surface area contributed by atoms with E-state index in [2.05, 4.69) is 201 Å². The summed E-state index contributed by atoms with van der Waals surface area (Å²) >= 11 is 0. The van der Waals surface area contributed by atoms with Crippen molar-refractivity contribution < 1.29 is 0 Å². The number of nitrogens with one attached hydrogen (secondary N) is 1. The minimum absolute atomic E-state index is 0.130. The van der Waals surface area contributed by atoms with Crippen LogP contribution in [0, 0.1) is 5.92 Å². The monoisotopic (exact) mass is 775 g/mol. The van der Waals surface area contributed by atoms with Crippen molar-refractivity contribution in [3.05, 3.63) is 222 Å². The number of nitrogens with zero attached hydrogens (tertiary/aromatic N) is 1. The van der Waals surface area contributed by atoms with Gasteiger partial charge in [0, 0.05) is 23.7 Å². The standard InChI is InChI=1S/C57H49N3/c1-38(42-13-3-5-15-44(32-42)47-29-30-54-52-21-7-6-19-50(52)51-20-8-9-22-53(51)55(54)35-47)60-57(36-56(58)41-26-23-40(24-27-41)49-18-11-31-59-37-49)48-17-10-16-45(34-48)46-28-25-39-12-2-4-14-43(39)33-46/h2-4,6-17,19-23,25-26,28-36,38,49,59H,5,18,24,27,37,58H2,1H3/b56-36-,60-57+. The highest BCUT2D eigenvalue weighted by Crippen LogP contribution is 2.37. The van der Waals surface area contributed by atoms with Gasteiger partial charge in [0.15, 0.2) is 0 Å². The summed E-state index contributed by atoms with van der Waals surface area (Å²) in [6, 6.07) is 48.4. The van der Waals surface area contributed by atoms with Crippen LogP contribution in [-0.4, -0.2) is 18.3 Å². The SMILES string of the molecule is CC(/N=C(\C=C(/N)C1=CC=C(C2CC=CNC2)CC1)c1cccc(-c2ccc3ccccc3c2)c1)C1=CC(c2ccc3c4ccccc4c4ccccc4c3c2)=CCC=C1. The van der Waals surface area contributed by atoms with Gasteiger partial charge in [-0.15, -0.1) is 0 Å². The summed E-state index contributed by atoms with van der Waals surface area (Å²) in [6.45, 7) is 3.20. The van der Waals surface area contributed by atoms with E-state index >= 15 is 0 Å². The Morgan fingerprint density at radius 1 is 0.683 bits per heavy atom. The lowest BCUT2D eigenvalue weighted by Gasteiger charge is -2.25. The lowest BCUT2D eigenvalue weighted by atomic mass is 9.85. The molecule has 1 heterocycles. The highest BCUT2D eigenvalue weighted by Gasteiger charge is 2.19. The third-order valence-electron chi connectivity index (χ3n) is 12.6. The molecular formula is C57H49N3. The molecular weight excluding hydrogens is 727 g/mol. The first-order chi connectivity index (χ1) is 29.6. The number of allylic oxidation sites excluding steroid dienone is 9. The summed E-state index contributed by atoms with van der Waals surface area (Å²) in [6.07, 6.45) is 24.0. The first-order valence-electron chi connectivity index (χ1n) is 21.4. The van der Waals surface area contributed by atoms with Crippen LogP contribution in [0.3, 0.4) is 0 Å². The molecule has 7 aromatic carbocycles. The van der Waals surface area contributed by atoms with Crippen LogP contribution in [0.25, 0.3) is 59.8 Å².